The third-order valence-electron chi connectivity index (χ3n) is 5.36. The standard InChI is InChI=1S/C23H25N3O/c1-26-21-14-8-7-13-19(21)24-22(26)16-20(18-11-3-2-4-12-18)25-23(27)15-17-9-5-6-10-17/h2-5,7-9,11-14,17,20H,6,10,15-16H2,1H3,(H,25,27)/t17-,20+/m0/s1. The molecule has 4 rings (SSSR count). The van der Waals surface area contributed by atoms with E-state index >= 15 is 0 Å². The summed E-state index contributed by atoms with van der Waals surface area (Å²) in [5.41, 5.74) is 3.21. The van der Waals surface area contributed by atoms with Crippen molar-refractivity contribution in [2.45, 2.75) is 31.7 Å². The molecular weight excluding hydrogens is 334 g/mol. The lowest BCUT2D eigenvalue weighted by molar-refractivity contribution is -0.122. The van der Waals surface area contributed by atoms with Gasteiger partial charge in [-0.1, -0.05) is 54.6 Å². The maximum Gasteiger partial charge on any atom is 0.221 e. The number of hydrogen-bond acceptors (Lipinski definition) is 2. The Morgan fingerprint density at radius 3 is 2.70 bits per heavy atom. The molecular formula is C23H25N3O. The summed E-state index contributed by atoms with van der Waals surface area (Å²) < 4.78 is 2.12. The normalized spacial score (nSPS) is 17.3. The second-order valence-corrected chi connectivity index (χ2v) is 7.28. The first kappa shape index (κ1) is 17.5. The van der Waals surface area contributed by atoms with E-state index in [1.54, 1.807) is 0 Å². The van der Waals surface area contributed by atoms with Gasteiger partial charge in [-0.25, -0.2) is 4.98 Å². The van der Waals surface area contributed by atoms with E-state index in [0.717, 1.165) is 35.3 Å². The topological polar surface area (TPSA) is 46.9 Å². The van der Waals surface area contributed by atoms with E-state index in [1.807, 2.05) is 43.4 Å². The molecule has 0 unspecified atom stereocenters. The monoisotopic (exact) mass is 359 g/mol. The first-order valence-electron chi connectivity index (χ1n) is 9.62. The Balaban J connectivity index is 1.56. The van der Waals surface area contributed by atoms with Gasteiger partial charge in [0.25, 0.3) is 0 Å². The highest BCUT2D eigenvalue weighted by atomic mass is 16.1. The molecule has 1 aliphatic carbocycles. The first-order valence-corrected chi connectivity index (χ1v) is 9.62. The fraction of sp³-hybridized carbons (Fsp3) is 0.304. The number of aromatic nitrogens is 2. The number of allylic oxidation sites excluding steroid dienone is 2. The molecule has 0 fully saturated rings. The zero-order valence-corrected chi connectivity index (χ0v) is 15.6. The van der Waals surface area contributed by atoms with E-state index < -0.39 is 0 Å². The number of hydrogen-bond donors (Lipinski definition) is 1. The molecule has 0 aliphatic heterocycles. The van der Waals surface area contributed by atoms with Crippen LogP contribution < -0.4 is 5.32 Å². The summed E-state index contributed by atoms with van der Waals surface area (Å²) in [5.74, 6) is 1.46. The van der Waals surface area contributed by atoms with Crippen molar-refractivity contribution >= 4 is 16.9 Å². The molecule has 0 spiro atoms. The summed E-state index contributed by atoms with van der Waals surface area (Å²) in [6.45, 7) is 0. The minimum atomic E-state index is -0.0837. The number of carbonyl (C=O) groups is 1. The lowest BCUT2D eigenvalue weighted by atomic mass is 10.0. The molecule has 1 amide bonds. The van der Waals surface area contributed by atoms with Gasteiger partial charge >= 0.3 is 0 Å². The molecule has 1 heterocycles. The van der Waals surface area contributed by atoms with E-state index in [9.17, 15) is 4.79 Å². The summed E-state index contributed by atoms with van der Waals surface area (Å²) in [6, 6.07) is 18.2. The molecule has 2 aromatic carbocycles. The van der Waals surface area contributed by atoms with Gasteiger partial charge in [0.15, 0.2) is 0 Å². The van der Waals surface area contributed by atoms with Crippen molar-refractivity contribution in [2.75, 3.05) is 0 Å². The van der Waals surface area contributed by atoms with Crippen LogP contribution in [0, 0.1) is 5.92 Å². The number of para-hydroxylation sites is 2. The predicted molar refractivity (Wildman–Crippen MR) is 108 cm³/mol. The summed E-state index contributed by atoms with van der Waals surface area (Å²) in [6.07, 6.45) is 7.73. The molecule has 4 heteroatoms. The van der Waals surface area contributed by atoms with Crippen LogP contribution in [0.1, 0.15) is 36.7 Å². The van der Waals surface area contributed by atoms with Gasteiger partial charge < -0.3 is 9.88 Å². The van der Waals surface area contributed by atoms with Crippen molar-refractivity contribution < 1.29 is 4.79 Å². The van der Waals surface area contributed by atoms with Gasteiger partial charge in [-0.15, -0.1) is 0 Å². The number of aryl methyl sites for hydroxylation is 1. The van der Waals surface area contributed by atoms with Crippen LogP contribution in [-0.2, 0) is 18.3 Å². The molecule has 0 saturated heterocycles. The van der Waals surface area contributed by atoms with Crippen LogP contribution in [0.4, 0.5) is 0 Å². The van der Waals surface area contributed by atoms with E-state index in [2.05, 4.69) is 40.2 Å². The third-order valence-corrected chi connectivity index (χ3v) is 5.36. The maximum absolute atomic E-state index is 12.7. The molecule has 1 aromatic heterocycles. The Hall–Kier alpha value is -2.88. The number of carbonyl (C=O) groups excluding carboxylic acids is 1. The van der Waals surface area contributed by atoms with Crippen LogP contribution in [0.2, 0.25) is 0 Å². The van der Waals surface area contributed by atoms with Gasteiger partial charge in [-0.2, -0.15) is 0 Å². The van der Waals surface area contributed by atoms with Crippen LogP contribution in [0.3, 0.4) is 0 Å². The van der Waals surface area contributed by atoms with Gasteiger partial charge in [0.2, 0.25) is 5.91 Å². The molecule has 0 radical (unpaired) electrons. The molecule has 27 heavy (non-hydrogen) atoms. The van der Waals surface area contributed by atoms with Crippen LogP contribution >= 0.6 is 0 Å². The Morgan fingerprint density at radius 1 is 1.19 bits per heavy atom. The third kappa shape index (κ3) is 3.95. The summed E-state index contributed by atoms with van der Waals surface area (Å²) in [5, 5.41) is 3.25. The average Bonchev–Trinajstić information content (AvgIpc) is 3.30. The highest BCUT2D eigenvalue weighted by Gasteiger charge is 2.21. The Morgan fingerprint density at radius 2 is 1.96 bits per heavy atom. The van der Waals surface area contributed by atoms with Gasteiger partial charge in [0.1, 0.15) is 5.82 Å². The largest absolute Gasteiger partial charge is 0.349 e. The Labute approximate surface area is 159 Å². The number of amides is 1. The molecule has 2 atom stereocenters. The van der Waals surface area contributed by atoms with Gasteiger partial charge in [-0.3, -0.25) is 4.79 Å². The van der Waals surface area contributed by atoms with Crippen molar-refractivity contribution in [1.82, 2.24) is 14.9 Å². The van der Waals surface area contributed by atoms with Gasteiger partial charge in [-0.05, 0) is 36.5 Å². The number of fused-ring (bicyclic) bond motifs is 1. The zero-order chi connectivity index (χ0) is 18.6. The average molecular weight is 359 g/mol. The smallest absolute Gasteiger partial charge is 0.221 e. The van der Waals surface area contributed by atoms with Crippen molar-refractivity contribution in [3.63, 3.8) is 0 Å². The second kappa shape index (κ2) is 7.78. The molecule has 1 N–H and O–H groups in total. The van der Waals surface area contributed by atoms with Gasteiger partial charge in [0, 0.05) is 19.9 Å². The lowest BCUT2D eigenvalue weighted by Crippen LogP contribution is -2.31. The number of rotatable bonds is 6. The van der Waals surface area contributed by atoms with E-state index in [4.69, 9.17) is 4.98 Å². The first-order chi connectivity index (χ1) is 13.2. The van der Waals surface area contributed by atoms with Crippen molar-refractivity contribution in [2.24, 2.45) is 13.0 Å². The highest BCUT2D eigenvalue weighted by molar-refractivity contribution is 5.77. The van der Waals surface area contributed by atoms with Crippen LogP contribution in [0.5, 0.6) is 0 Å². The molecule has 3 aromatic rings. The van der Waals surface area contributed by atoms with Crippen LogP contribution in [-0.4, -0.2) is 15.5 Å². The van der Waals surface area contributed by atoms with E-state index in [0.29, 0.717) is 18.8 Å². The van der Waals surface area contributed by atoms with E-state index in [-0.39, 0.29) is 11.9 Å². The lowest BCUT2D eigenvalue weighted by Gasteiger charge is -2.20. The molecule has 0 saturated carbocycles. The molecule has 0 bridgehead atoms. The predicted octanol–water partition coefficient (Wildman–Crippen LogP) is 4.33. The minimum absolute atomic E-state index is 0.0837. The zero-order valence-electron chi connectivity index (χ0n) is 15.6. The maximum atomic E-state index is 12.7. The van der Waals surface area contributed by atoms with Crippen molar-refractivity contribution in [3.8, 4) is 0 Å². The number of imidazole rings is 1. The van der Waals surface area contributed by atoms with Crippen LogP contribution in [0.15, 0.2) is 66.7 Å². The van der Waals surface area contributed by atoms with E-state index in [1.165, 1.54) is 0 Å². The second-order valence-electron chi connectivity index (χ2n) is 7.28. The highest BCUT2D eigenvalue weighted by Crippen LogP contribution is 2.24. The number of nitrogens with zero attached hydrogens (tertiary/aromatic N) is 2. The fourth-order valence-corrected chi connectivity index (χ4v) is 3.85. The quantitative estimate of drug-likeness (QED) is 0.666. The Kier molecular flexibility index (Phi) is 5.05. The van der Waals surface area contributed by atoms with Crippen molar-refractivity contribution in [1.29, 1.82) is 0 Å². The van der Waals surface area contributed by atoms with Gasteiger partial charge in [0.05, 0.1) is 17.1 Å². The Bertz CT molecular complexity index is 958. The number of benzene rings is 2. The van der Waals surface area contributed by atoms with Crippen LogP contribution in [0.25, 0.3) is 11.0 Å². The van der Waals surface area contributed by atoms with Crippen molar-refractivity contribution in [3.05, 3.63) is 78.1 Å². The number of nitrogens with one attached hydrogen (secondary N) is 1. The summed E-state index contributed by atoms with van der Waals surface area (Å²) in [7, 11) is 2.04. The SMILES string of the molecule is Cn1c(C[C@@H](NC(=O)C[C@H]2C=CCC2)c2ccccc2)nc2ccccc21. The molecule has 4 nitrogen and oxygen atoms in total. The molecule has 1 aliphatic rings. The summed E-state index contributed by atoms with van der Waals surface area (Å²) >= 11 is 0. The summed E-state index contributed by atoms with van der Waals surface area (Å²) in [4.78, 5) is 17.4. The fourth-order valence-electron chi connectivity index (χ4n) is 3.85. The molecule has 138 valence electrons. The minimum Gasteiger partial charge on any atom is -0.349 e.